The molecule has 1 amide bonds. The molecule has 2 atom stereocenters. The van der Waals surface area contributed by atoms with Crippen LogP contribution in [0.5, 0.6) is 5.75 Å². The van der Waals surface area contributed by atoms with E-state index in [0.29, 0.717) is 31.6 Å². The van der Waals surface area contributed by atoms with Gasteiger partial charge in [0.15, 0.2) is 5.76 Å². The second kappa shape index (κ2) is 9.68. The predicted octanol–water partition coefficient (Wildman–Crippen LogP) is 4.28. The molecule has 1 aromatic heterocycles. The highest BCUT2D eigenvalue weighted by Gasteiger charge is 2.30. The smallest absolute Gasteiger partial charge is 0.290 e. The molecule has 4 rings (SSSR count). The Labute approximate surface area is 179 Å². The number of aliphatic hydroxyl groups is 1. The number of amides is 1. The highest BCUT2D eigenvalue weighted by Crippen LogP contribution is 2.36. The molecule has 7 nitrogen and oxygen atoms in total. The Hall–Kier alpha value is -3.29. The molecule has 1 aliphatic heterocycles. The average Bonchev–Trinajstić information content (AvgIpc) is 3.22. The zero-order valence-corrected chi connectivity index (χ0v) is 17.0. The molecule has 2 aromatic carbocycles. The van der Waals surface area contributed by atoms with Crippen molar-refractivity contribution in [1.82, 2.24) is 0 Å². The fourth-order valence-electron chi connectivity index (χ4n) is 3.61. The summed E-state index contributed by atoms with van der Waals surface area (Å²) in [5.74, 6) is -0.522. The van der Waals surface area contributed by atoms with Crippen molar-refractivity contribution in [2.24, 2.45) is 0 Å². The first kappa shape index (κ1) is 21.0. The van der Waals surface area contributed by atoms with Gasteiger partial charge in [0.1, 0.15) is 11.3 Å². The molecule has 2 heterocycles. The standard InChI is InChI=1S/C24H25NO6/c26-11-5-6-12-29-23-14-16(18-15-30-21-10-4-1-7-17(18)21)13-22(31-23)24(28)25-19-8-2-3-9-20(19)27/h1-4,7-10,13,15-16,23,26-27H,5-6,11-12,14H2,(H,25,28)/t16-,23+/m0/s1. The minimum atomic E-state index is -0.618. The van der Waals surface area contributed by atoms with Crippen molar-refractivity contribution >= 4 is 22.6 Å². The highest BCUT2D eigenvalue weighted by atomic mass is 16.7. The number of para-hydroxylation sites is 3. The third-order valence-electron chi connectivity index (χ3n) is 5.20. The van der Waals surface area contributed by atoms with Crippen molar-refractivity contribution in [3.8, 4) is 5.75 Å². The number of phenols is 1. The van der Waals surface area contributed by atoms with Gasteiger partial charge in [-0.15, -0.1) is 0 Å². The van der Waals surface area contributed by atoms with Gasteiger partial charge in [-0.2, -0.15) is 0 Å². The molecule has 0 bridgehead atoms. The van der Waals surface area contributed by atoms with Crippen LogP contribution in [-0.4, -0.2) is 35.6 Å². The number of hydrogen-bond acceptors (Lipinski definition) is 6. The van der Waals surface area contributed by atoms with E-state index >= 15 is 0 Å². The maximum atomic E-state index is 12.9. The van der Waals surface area contributed by atoms with Gasteiger partial charge < -0.3 is 29.4 Å². The molecule has 7 heteroatoms. The van der Waals surface area contributed by atoms with Crippen LogP contribution in [0.4, 0.5) is 5.69 Å². The maximum absolute atomic E-state index is 12.9. The van der Waals surface area contributed by atoms with Crippen LogP contribution in [0.2, 0.25) is 0 Å². The van der Waals surface area contributed by atoms with E-state index in [4.69, 9.17) is 19.0 Å². The van der Waals surface area contributed by atoms with Crippen LogP contribution in [0.1, 0.15) is 30.7 Å². The van der Waals surface area contributed by atoms with Crippen molar-refractivity contribution in [2.75, 3.05) is 18.5 Å². The number of carbonyl (C=O) groups is 1. The number of hydrogen-bond donors (Lipinski definition) is 3. The first-order chi connectivity index (χ1) is 15.2. The largest absolute Gasteiger partial charge is 0.506 e. The van der Waals surface area contributed by atoms with Crippen LogP contribution in [-0.2, 0) is 14.3 Å². The Morgan fingerprint density at radius 2 is 1.94 bits per heavy atom. The number of nitrogens with one attached hydrogen (secondary N) is 1. The lowest BCUT2D eigenvalue weighted by atomic mass is 9.92. The van der Waals surface area contributed by atoms with Crippen molar-refractivity contribution in [3.63, 3.8) is 0 Å². The monoisotopic (exact) mass is 423 g/mol. The van der Waals surface area contributed by atoms with Crippen molar-refractivity contribution in [3.05, 3.63) is 72.2 Å². The zero-order chi connectivity index (χ0) is 21.6. The van der Waals surface area contributed by atoms with E-state index < -0.39 is 12.2 Å². The van der Waals surface area contributed by atoms with Crippen molar-refractivity contribution < 1.29 is 28.9 Å². The van der Waals surface area contributed by atoms with Crippen molar-refractivity contribution in [1.29, 1.82) is 0 Å². The first-order valence-corrected chi connectivity index (χ1v) is 10.3. The summed E-state index contributed by atoms with van der Waals surface area (Å²) in [4.78, 5) is 12.9. The number of ether oxygens (including phenoxy) is 2. The Morgan fingerprint density at radius 3 is 2.77 bits per heavy atom. The molecular weight excluding hydrogens is 398 g/mol. The summed E-state index contributed by atoms with van der Waals surface area (Å²) in [5, 5.41) is 22.6. The number of aliphatic hydroxyl groups excluding tert-OH is 1. The van der Waals surface area contributed by atoms with E-state index in [1.54, 1.807) is 30.5 Å². The van der Waals surface area contributed by atoms with E-state index in [0.717, 1.165) is 16.5 Å². The molecule has 162 valence electrons. The molecular formula is C24H25NO6. The predicted molar refractivity (Wildman–Crippen MR) is 116 cm³/mol. The number of furan rings is 1. The van der Waals surface area contributed by atoms with Crippen LogP contribution < -0.4 is 5.32 Å². The summed E-state index contributed by atoms with van der Waals surface area (Å²) in [6, 6.07) is 14.2. The lowest BCUT2D eigenvalue weighted by molar-refractivity contribution is -0.143. The summed E-state index contributed by atoms with van der Waals surface area (Å²) >= 11 is 0. The topological polar surface area (TPSA) is 101 Å². The number of benzene rings is 2. The molecule has 0 aliphatic carbocycles. The van der Waals surface area contributed by atoms with Gasteiger partial charge in [0, 0.05) is 29.9 Å². The van der Waals surface area contributed by atoms with Crippen LogP contribution in [0.3, 0.4) is 0 Å². The molecule has 3 N–H and O–H groups in total. The third-order valence-corrected chi connectivity index (χ3v) is 5.20. The van der Waals surface area contributed by atoms with E-state index in [2.05, 4.69) is 5.32 Å². The van der Waals surface area contributed by atoms with Crippen LogP contribution in [0.25, 0.3) is 11.0 Å². The minimum absolute atomic E-state index is 0.0264. The number of rotatable bonds is 8. The molecule has 0 radical (unpaired) electrons. The maximum Gasteiger partial charge on any atom is 0.290 e. The first-order valence-electron chi connectivity index (χ1n) is 10.3. The second-order valence-electron chi connectivity index (χ2n) is 7.38. The number of fused-ring (bicyclic) bond motifs is 1. The van der Waals surface area contributed by atoms with Gasteiger partial charge in [-0.05, 0) is 37.1 Å². The highest BCUT2D eigenvalue weighted by molar-refractivity contribution is 6.03. The van der Waals surface area contributed by atoms with Gasteiger partial charge in [-0.1, -0.05) is 30.3 Å². The molecule has 0 saturated carbocycles. The number of unbranched alkanes of at least 4 members (excludes halogenated alkanes) is 1. The quantitative estimate of drug-likeness (QED) is 0.369. The lowest BCUT2D eigenvalue weighted by Gasteiger charge is -2.29. The van der Waals surface area contributed by atoms with Crippen molar-refractivity contribution in [2.45, 2.75) is 31.5 Å². The van der Waals surface area contributed by atoms with Crippen LogP contribution >= 0.6 is 0 Å². The SMILES string of the molecule is O=C(Nc1ccccc1O)C1=C[C@H](c2coc3ccccc23)C[C@H](OCCCCO)O1. The molecule has 0 spiro atoms. The number of allylic oxidation sites excluding steroid dienone is 1. The molecule has 31 heavy (non-hydrogen) atoms. The van der Waals surface area contributed by atoms with Crippen LogP contribution in [0.15, 0.2) is 71.0 Å². The lowest BCUT2D eigenvalue weighted by Crippen LogP contribution is -2.29. The van der Waals surface area contributed by atoms with E-state index in [1.165, 1.54) is 6.07 Å². The number of phenolic OH excluding ortho intramolecular Hbond substituents is 1. The van der Waals surface area contributed by atoms with E-state index in [-0.39, 0.29) is 24.0 Å². The minimum Gasteiger partial charge on any atom is -0.506 e. The van der Waals surface area contributed by atoms with E-state index in [1.807, 2.05) is 24.3 Å². The molecule has 0 fully saturated rings. The summed E-state index contributed by atoms with van der Waals surface area (Å²) in [7, 11) is 0. The zero-order valence-electron chi connectivity index (χ0n) is 17.0. The normalized spacial score (nSPS) is 18.4. The molecule has 0 unspecified atom stereocenters. The Kier molecular flexibility index (Phi) is 6.54. The average molecular weight is 423 g/mol. The molecule has 1 aliphatic rings. The van der Waals surface area contributed by atoms with Gasteiger partial charge in [-0.3, -0.25) is 4.79 Å². The number of anilines is 1. The second-order valence-corrected chi connectivity index (χ2v) is 7.38. The van der Waals surface area contributed by atoms with Gasteiger partial charge in [0.2, 0.25) is 6.29 Å². The summed E-state index contributed by atoms with van der Waals surface area (Å²) in [6.07, 6.45) is 4.71. The fourth-order valence-corrected chi connectivity index (χ4v) is 3.61. The molecule has 0 saturated heterocycles. The van der Waals surface area contributed by atoms with Gasteiger partial charge in [-0.25, -0.2) is 0 Å². The van der Waals surface area contributed by atoms with Gasteiger partial charge in [0.25, 0.3) is 5.91 Å². The Morgan fingerprint density at radius 1 is 1.13 bits per heavy atom. The number of aromatic hydroxyl groups is 1. The molecule has 3 aromatic rings. The van der Waals surface area contributed by atoms with Crippen LogP contribution in [0, 0.1) is 0 Å². The fraction of sp³-hybridized carbons (Fsp3) is 0.292. The van der Waals surface area contributed by atoms with Gasteiger partial charge in [0.05, 0.1) is 18.6 Å². The third kappa shape index (κ3) is 4.90. The number of carbonyl (C=O) groups excluding carboxylic acids is 1. The van der Waals surface area contributed by atoms with Gasteiger partial charge >= 0.3 is 0 Å². The Bertz CT molecular complexity index is 1070. The summed E-state index contributed by atoms with van der Waals surface area (Å²) < 4.78 is 17.4. The van der Waals surface area contributed by atoms with E-state index in [9.17, 15) is 9.90 Å². The summed E-state index contributed by atoms with van der Waals surface area (Å²) in [6.45, 7) is 0.519. The summed E-state index contributed by atoms with van der Waals surface area (Å²) in [5.41, 5.74) is 2.03. The Balaban J connectivity index is 1.58.